The van der Waals surface area contributed by atoms with E-state index in [1.165, 1.54) is 89.0 Å². The maximum Gasteiger partial charge on any atom is 0.119 e. The minimum Gasteiger partial charge on any atom is -0.508 e. The van der Waals surface area contributed by atoms with Crippen molar-refractivity contribution in [3.8, 4) is 5.75 Å². The summed E-state index contributed by atoms with van der Waals surface area (Å²) in [5.41, 5.74) is 4.51. The number of aryl methyl sites for hydroxylation is 1. The molecule has 0 aliphatic heterocycles. The van der Waals surface area contributed by atoms with E-state index >= 15 is 0 Å². The third-order valence-electron chi connectivity index (χ3n) is 6.18. The molecule has 1 aromatic rings. The average molecular weight is 315 g/mol. The summed E-state index contributed by atoms with van der Waals surface area (Å²) in [4.78, 5) is 0. The highest BCUT2D eigenvalue weighted by Crippen LogP contribution is 2.46. The van der Waals surface area contributed by atoms with Crippen molar-refractivity contribution in [1.82, 2.24) is 0 Å². The molecule has 0 radical (unpaired) electrons. The summed E-state index contributed by atoms with van der Waals surface area (Å²) >= 11 is 0. The summed E-state index contributed by atoms with van der Waals surface area (Å²) in [7, 11) is 0. The van der Waals surface area contributed by atoms with Gasteiger partial charge in [0.25, 0.3) is 0 Å². The molecule has 2 saturated carbocycles. The number of unbranched alkanes of at least 4 members (excludes halogenated alkanes) is 1. The predicted molar refractivity (Wildman–Crippen MR) is 98.4 cm³/mol. The molecular formula is C22H34O. The highest BCUT2D eigenvalue weighted by atomic mass is 16.3. The van der Waals surface area contributed by atoms with Gasteiger partial charge in [-0.15, -0.1) is 0 Å². The SMILES string of the molecule is CCCCc1ccc(O)c(C2CCCCC2)c1C1CCCCC1. The predicted octanol–water partition coefficient (Wildman–Crippen LogP) is 6.83. The van der Waals surface area contributed by atoms with E-state index in [0.717, 1.165) is 0 Å². The molecule has 0 amide bonds. The fourth-order valence-electron chi connectivity index (χ4n) is 4.95. The number of hydrogen-bond acceptors (Lipinski definition) is 1. The van der Waals surface area contributed by atoms with Crippen LogP contribution in [-0.4, -0.2) is 5.11 Å². The fourth-order valence-corrected chi connectivity index (χ4v) is 4.95. The maximum atomic E-state index is 10.7. The van der Waals surface area contributed by atoms with Crippen molar-refractivity contribution >= 4 is 0 Å². The normalized spacial score (nSPS) is 20.7. The van der Waals surface area contributed by atoms with Crippen molar-refractivity contribution in [1.29, 1.82) is 0 Å². The highest BCUT2D eigenvalue weighted by Gasteiger charge is 2.28. The van der Waals surface area contributed by atoms with Gasteiger partial charge in [-0.05, 0) is 67.6 Å². The Morgan fingerprint density at radius 3 is 1.96 bits per heavy atom. The lowest BCUT2D eigenvalue weighted by Gasteiger charge is -2.32. The third kappa shape index (κ3) is 3.92. The smallest absolute Gasteiger partial charge is 0.119 e. The van der Waals surface area contributed by atoms with E-state index in [0.29, 0.717) is 17.6 Å². The van der Waals surface area contributed by atoms with E-state index in [4.69, 9.17) is 0 Å². The molecule has 0 heterocycles. The van der Waals surface area contributed by atoms with E-state index in [9.17, 15) is 5.11 Å². The Morgan fingerprint density at radius 2 is 1.39 bits per heavy atom. The molecule has 0 aromatic heterocycles. The molecule has 1 nitrogen and oxygen atoms in total. The molecular weight excluding hydrogens is 280 g/mol. The van der Waals surface area contributed by atoms with Crippen molar-refractivity contribution in [3.05, 3.63) is 28.8 Å². The molecule has 0 spiro atoms. The lowest BCUT2D eigenvalue weighted by Crippen LogP contribution is -2.15. The Morgan fingerprint density at radius 1 is 0.826 bits per heavy atom. The molecule has 0 bridgehead atoms. The molecule has 1 heteroatoms. The average Bonchev–Trinajstić information content (AvgIpc) is 2.62. The summed E-state index contributed by atoms with van der Waals surface area (Å²) in [6.45, 7) is 2.28. The Labute approximate surface area is 142 Å². The Balaban J connectivity index is 1.99. The Hall–Kier alpha value is -0.980. The molecule has 0 unspecified atom stereocenters. The minimum absolute atomic E-state index is 0.595. The van der Waals surface area contributed by atoms with Crippen LogP contribution in [0.25, 0.3) is 0 Å². The van der Waals surface area contributed by atoms with E-state index < -0.39 is 0 Å². The number of hydrogen-bond donors (Lipinski definition) is 1. The van der Waals surface area contributed by atoms with Gasteiger partial charge in [0.2, 0.25) is 0 Å². The zero-order chi connectivity index (χ0) is 16.1. The van der Waals surface area contributed by atoms with Crippen LogP contribution >= 0.6 is 0 Å². The van der Waals surface area contributed by atoms with Gasteiger partial charge in [-0.2, -0.15) is 0 Å². The molecule has 0 atom stereocenters. The summed E-state index contributed by atoms with van der Waals surface area (Å²) in [6.07, 6.45) is 17.2. The van der Waals surface area contributed by atoms with Gasteiger partial charge >= 0.3 is 0 Å². The number of aromatic hydroxyl groups is 1. The highest BCUT2D eigenvalue weighted by molar-refractivity contribution is 5.49. The molecule has 2 fully saturated rings. The van der Waals surface area contributed by atoms with Crippen LogP contribution in [0, 0.1) is 0 Å². The minimum atomic E-state index is 0.595. The van der Waals surface area contributed by atoms with Crippen LogP contribution in [0.3, 0.4) is 0 Å². The molecule has 3 rings (SSSR count). The van der Waals surface area contributed by atoms with Crippen LogP contribution in [0.1, 0.15) is 112 Å². The van der Waals surface area contributed by atoms with Gasteiger partial charge in [0, 0.05) is 5.56 Å². The number of phenols is 1. The van der Waals surface area contributed by atoms with Gasteiger partial charge in [0.15, 0.2) is 0 Å². The van der Waals surface area contributed by atoms with Gasteiger partial charge in [-0.3, -0.25) is 0 Å². The van der Waals surface area contributed by atoms with Crippen molar-refractivity contribution in [3.63, 3.8) is 0 Å². The Kier molecular flexibility index (Phi) is 6.02. The van der Waals surface area contributed by atoms with Gasteiger partial charge in [0.05, 0.1) is 0 Å². The van der Waals surface area contributed by atoms with Gasteiger partial charge in [-0.1, -0.05) is 57.9 Å². The first-order valence-electron chi connectivity index (χ1n) is 10.2. The van der Waals surface area contributed by atoms with E-state index in [2.05, 4.69) is 13.0 Å². The second-order valence-electron chi connectivity index (χ2n) is 7.84. The lowest BCUT2D eigenvalue weighted by atomic mass is 9.73. The van der Waals surface area contributed by atoms with Crippen molar-refractivity contribution < 1.29 is 5.11 Å². The van der Waals surface area contributed by atoms with Crippen molar-refractivity contribution in [2.75, 3.05) is 0 Å². The van der Waals surface area contributed by atoms with Gasteiger partial charge in [-0.25, -0.2) is 0 Å². The monoisotopic (exact) mass is 314 g/mol. The summed E-state index contributed by atoms with van der Waals surface area (Å²) in [6, 6.07) is 4.24. The molecule has 1 aromatic carbocycles. The third-order valence-corrected chi connectivity index (χ3v) is 6.18. The fraction of sp³-hybridized carbons (Fsp3) is 0.727. The topological polar surface area (TPSA) is 20.2 Å². The standard InChI is InChI=1S/C22H34O/c1-2-3-10-19-15-16-20(23)22(18-13-8-5-9-14-18)21(19)17-11-6-4-7-12-17/h15-18,23H,2-14H2,1H3. The largest absolute Gasteiger partial charge is 0.508 e. The summed E-state index contributed by atoms with van der Waals surface area (Å²) in [5.74, 6) is 1.92. The van der Waals surface area contributed by atoms with Gasteiger partial charge < -0.3 is 5.11 Å². The number of phenolic OH excluding ortho intramolecular Hbond substituents is 1. The molecule has 23 heavy (non-hydrogen) atoms. The molecule has 2 aliphatic rings. The van der Waals surface area contributed by atoms with Crippen LogP contribution in [0.15, 0.2) is 12.1 Å². The van der Waals surface area contributed by atoms with Crippen LogP contribution in [0.4, 0.5) is 0 Å². The second-order valence-corrected chi connectivity index (χ2v) is 7.84. The summed E-state index contributed by atoms with van der Waals surface area (Å²) in [5, 5.41) is 10.7. The molecule has 2 aliphatic carbocycles. The molecule has 0 saturated heterocycles. The summed E-state index contributed by atoms with van der Waals surface area (Å²) < 4.78 is 0. The Bertz CT molecular complexity index is 493. The first-order valence-corrected chi connectivity index (χ1v) is 10.2. The number of rotatable bonds is 5. The quantitative estimate of drug-likeness (QED) is 0.631. The first-order chi connectivity index (χ1) is 11.3. The van der Waals surface area contributed by atoms with Crippen LogP contribution in [-0.2, 0) is 6.42 Å². The van der Waals surface area contributed by atoms with E-state index in [-0.39, 0.29) is 0 Å². The van der Waals surface area contributed by atoms with Crippen LogP contribution < -0.4 is 0 Å². The second kappa shape index (κ2) is 8.22. The van der Waals surface area contributed by atoms with Crippen LogP contribution in [0.2, 0.25) is 0 Å². The zero-order valence-electron chi connectivity index (χ0n) is 14.9. The van der Waals surface area contributed by atoms with E-state index in [1.807, 2.05) is 6.07 Å². The van der Waals surface area contributed by atoms with Crippen LogP contribution in [0.5, 0.6) is 5.75 Å². The first kappa shape index (κ1) is 16.9. The number of benzene rings is 1. The maximum absolute atomic E-state index is 10.7. The molecule has 1 N–H and O–H groups in total. The molecule has 128 valence electrons. The zero-order valence-corrected chi connectivity index (χ0v) is 14.9. The van der Waals surface area contributed by atoms with Crippen molar-refractivity contribution in [2.45, 2.75) is 102 Å². The van der Waals surface area contributed by atoms with E-state index in [1.54, 1.807) is 11.1 Å². The lowest BCUT2D eigenvalue weighted by molar-refractivity contribution is 0.395. The van der Waals surface area contributed by atoms with Gasteiger partial charge in [0.1, 0.15) is 5.75 Å². The van der Waals surface area contributed by atoms with Crippen molar-refractivity contribution in [2.24, 2.45) is 0 Å².